The van der Waals surface area contributed by atoms with Crippen LogP contribution in [0.25, 0.3) is 11.1 Å². The third-order valence-electron chi connectivity index (χ3n) is 7.09. The van der Waals surface area contributed by atoms with Crippen molar-refractivity contribution in [1.82, 2.24) is 0 Å². The third kappa shape index (κ3) is 10.6. The molecule has 44 heavy (non-hydrogen) atoms. The average molecular weight is 633 g/mol. The number of carbonyl (C=O) groups is 2. The van der Waals surface area contributed by atoms with Crippen molar-refractivity contribution >= 4 is 21.8 Å². The molecule has 0 saturated heterocycles. The summed E-state index contributed by atoms with van der Waals surface area (Å²) in [4.78, 5) is 22.0. The summed E-state index contributed by atoms with van der Waals surface area (Å²) in [6, 6.07) is 13.4. The Labute approximate surface area is 256 Å². The summed E-state index contributed by atoms with van der Waals surface area (Å²) in [6.07, 6.45) is 4.57. The van der Waals surface area contributed by atoms with Crippen molar-refractivity contribution in [2.75, 3.05) is 19.0 Å². The first-order valence-corrected chi connectivity index (χ1v) is 16.3. The molecule has 0 fully saturated rings. The van der Waals surface area contributed by atoms with E-state index >= 15 is 0 Å². The highest BCUT2D eigenvalue weighted by Gasteiger charge is 2.16. The van der Waals surface area contributed by atoms with E-state index in [2.05, 4.69) is 0 Å². The minimum absolute atomic E-state index is 0.00740. The number of carboxylic acids is 2. The molecule has 0 unspecified atom stereocenters. The first-order valence-electron chi connectivity index (χ1n) is 14.6. The number of ether oxygens (including phenoxy) is 2. The van der Waals surface area contributed by atoms with Crippen molar-refractivity contribution in [3.63, 3.8) is 0 Å². The van der Waals surface area contributed by atoms with Crippen molar-refractivity contribution < 1.29 is 46.5 Å². The quantitative estimate of drug-likeness (QED) is 0.137. The predicted octanol–water partition coefficient (Wildman–Crippen LogP) is 6.87. The molecular weight excluding hydrogens is 594 g/mol. The van der Waals surface area contributed by atoms with Gasteiger partial charge in [-0.15, -0.1) is 0 Å². The van der Waals surface area contributed by atoms with E-state index < -0.39 is 33.4 Å². The van der Waals surface area contributed by atoms with Crippen LogP contribution in [0.5, 0.6) is 11.5 Å². The van der Waals surface area contributed by atoms with Crippen LogP contribution < -0.4 is 9.47 Å². The number of aliphatic carboxylic acids is 2. The smallest absolute Gasteiger partial charge is 0.303 e. The number of carboxylic acid groups (broad SMARTS) is 2. The lowest BCUT2D eigenvalue weighted by molar-refractivity contribution is -0.138. The largest absolute Gasteiger partial charge is 0.494 e. The molecular formula is C33H38F2O8S. The monoisotopic (exact) mass is 632 g/mol. The molecule has 0 amide bonds. The van der Waals surface area contributed by atoms with Gasteiger partial charge in [0.1, 0.15) is 11.5 Å². The Morgan fingerprint density at radius 3 is 2.18 bits per heavy atom. The van der Waals surface area contributed by atoms with Gasteiger partial charge >= 0.3 is 11.9 Å². The zero-order chi connectivity index (χ0) is 32.1. The number of benzene rings is 3. The molecule has 0 aliphatic rings. The Morgan fingerprint density at radius 2 is 1.48 bits per heavy atom. The van der Waals surface area contributed by atoms with Gasteiger partial charge in [0.15, 0.2) is 21.5 Å². The maximum absolute atomic E-state index is 13.9. The summed E-state index contributed by atoms with van der Waals surface area (Å²) in [6.45, 7) is 2.09. The number of aryl methyl sites for hydroxylation is 1. The predicted molar refractivity (Wildman–Crippen MR) is 162 cm³/mol. The molecule has 11 heteroatoms. The van der Waals surface area contributed by atoms with Crippen LogP contribution in [0.3, 0.4) is 0 Å². The maximum atomic E-state index is 13.9. The summed E-state index contributed by atoms with van der Waals surface area (Å²) in [5.41, 5.74) is 2.56. The molecule has 238 valence electrons. The molecule has 8 nitrogen and oxygen atoms in total. The lowest BCUT2D eigenvalue weighted by atomic mass is 9.97. The molecule has 3 aromatic rings. The fourth-order valence-electron chi connectivity index (χ4n) is 4.71. The summed E-state index contributed by atoms with van der Waals surface area (Å²) in [5, 5.41) is 18.0. The SMILES string of the molecule is CCS(=O)(=O)c1cc(OCCCCCCc2cccc(OCCCC(=O)O)c2CCC(=O)O)cc(-c2ccc(F)c(F)c2)c1. The highest BCUT2D eigenvalue weighted by Crippen LogP contribution is 2.30. The van der Waals surface area contributed by atoms with E-state index in [1.165, 1.54) is 25.1 Å². The topological polar surface area (TPSA) is 127 Å². The van der Waals surface area contributed by atoms with Gasteiger partial charge in [-0.2, -0.15) is 0 Å². The fourth-order valence-corrected chi connectivity index (χ4v) is 5.64. The lowest BCUT2D eigenvalue weighted by Crippen LogP contribution is -2.07. The van der Waals surface area contributed by atoms with Crippen LogP contribution in [0.15, 0.2) is 59.5 Å². The molecule has 0 aliphatic carbocycles. The van der Waals surface area contributed by atoms with Gasteiger partial charge in [0, 0.05) is 12.8 Å². The Morgan fingerprint density at radius 1 is 0.750 bits per heavy atom. The Balaban J connectivity index is 1.57. The zero-order valence-corrected chi connectivity index (χ0v) is 25.5. The average Bonchev–Trinajstić information content (AvgIpc) is 2.99. The Hall–Kier alpha value is -3.99. The van der Waals surface area contributed by atoms with Gasteiger partial charge in [0.25, 0.3) is 0 Å². The van der Waals surface area contributed by atoms with E-state index in [-0.39, 0.29) is 30.1 Å². The summed E-state index contributed by atoms with van der Waals surface area (Å²) in [5.74, 6) is -3.05. The molecule has 3 rings (SSSR count). The third-order valence-corrected chi connectivity index (χ3v) is 8.81. The molecule has 0 atom stereocenters. The summed E-state index contributed by atoms with van der Waals surface area (Å²) < 4.78 is 64.1. The second-order valence-corrected chi connectivity index (χ2v) is 12.6. The summed E-state index contributed by atoms with van der Waals surface area (Å²) >= 11 is 0. The molecule has 2 N–H and O–H groups in total. The van der Waals surface area contributed by atoms with Gasteiger partial charge in [-0.05, 0) is 90.8 Å². The normalized spacial score (nSPS) is 11.3. The van der Waals surface area contributed by atoms with Crippen molar-refractivity contribution in [2.24, 2.45) is 0 Å². The standard InChI is InChI=1S/C33H38F2O8S/c1-2-44(40,41)27-20-25(24-13-15-29(34)30(35)21-24)19-26(22-27)42-17-6-4-3-5-9-23-10-7-11-31(28(23)14-16-33(38)39)43-18-8-12-32(36)37/h7,10-11,13,15,19-22H,2-6,8-9,12,14,16-18H2,1H3,(H,36,37)(H,38,39). The van der Waals surface area contributed by atoms with E-state index in [0.29, 0.717) is 48.5 Å². The number of halogens is 2. The number of rotatable bonds is 19. The van der Waals surface area contributed by atoms with Crippen LogP contribution in [0.2, 0.25) is 0 Å². The molecule has 0 radical (unpaired) electrons. The van der Waals surface area contributed by atoms with Crippen LogP contribution >= 0.6 is 0 Å². The van der Waals surface area contributed by atoms with E-state index in [1.807, 2.05) is 12.1 Å². The Kier molecular flexibility index (Phi) is 13.1. The van der Waals surface area contributed by atoms with Crippen LogP contribution in [-0.4, -0.2) is 49.5 Å². The van der Waals surface area contributed by atoms with Gasteiger partial charge in [0.05, 0.1) is 23.9 Å². The number of hydrogen-bond acceptors (Lipinski definition) is 6. The molecule has 0 spiro atoms. The lowest BCUT2D eigenvalue weighted by Gasteiger charge is -2.15. The van der Waals surface area contributed by atoms with Crippen molar-refractivity contribution in [3.8, 4) is 22.6 Å². The Bertz CT molecular complexity index is 1540. The van der Waals surface area contributed by atoms with Gasteiger partial charge in [0.2, 0.25) is 0 Å². The number of hydrogen-bond donors (Lipinski definition) is 2. The van der Waals surface area contributed by atoms with Crippen LogP contribution in [0.4, 0.5) is 8.78 Å². The summed E-state index contributed by atoms with van der Waals surface area (Å²) in [7, 11) is -3.58. The van der Waals surface area contributed by atoms with Gasteiger partial charge in [-0.3, -0.25) is 9.59 Å². The van der Waals surface area contributed by atoms with Crippen molar-refractivity contribution in [1.29, 1.82) is 0 Å². The van der Waals surface area contributed by atoms with Crippen molar-refractivity contribution in [2.45, 2.75) is 69.6 Å². The van der Waals surface area contributed by atoms with Gasteiger partial charge in [-0.25, -0.2) is 17.2 Å². The zero-order valence-electron chi connectivity index (χ0n) is 24.7. The second-order valence-electron chi connectivity index (χ2n) is 10.4. The molecule has 0 aliphatic heterocycles. The maximum Gasteiger partial charge on any atom is 0.303 e. The molecule has 0 bridgehead atoms. The molecule has 0 heterocycles. The molecule has 0 aromatic heterocycles. The van der Waals surface area contributed by atoms with Crippen LogP contribution in [-0.2, 0) is 32.3 Å². The van der Waals surface area contributed by atoms with Crippen molar-refractivity contribution in [3.05, 3.63) is 77.4 Å². The molecule has 0 saturated carbocycles. The van der Waals surface area contributed by atoms with Gasteiger partial charge in [-0.1, -0.05) is 38.0 Å². The number of sulfone groups is 1. The first-order chi connectivity index (χ1) is 21.0. The highest BCUT2D eigenvalue weighted by atomic mass is 32.2. The van der Waals surface area contributed by atoms with E-state index in [4.69, 9.17) is 14.6 Å². The van der Waals surface area contributed by atoms with E-state index in [9.17, 15) is 31.9 Å². The van der Waals surface area contributed by atoms with Crippen LogP contribution in [0.1, 0.15) is 63.0 Å². The van der Waals surface area contributed by atoms with Crippen LogP contribution in [0, 0.1) is 11.6 Å². The second kappa shape index (κ2) is 16.7. The first kappa shape index (κ1) is 34.5. The molecule has 3 aromatic carbocycles. The van der Waals surface area contributed by atoms with Gasteiger partial charge < -0.3 is 19.7 Å². The minimum atomic E-state index is -3.58. The van der Waals surface area contributed by atoms with E-state index in [0.717, 1.165) is 48.9 Å². The fraction of sp³-hybridized carbons (Fsp3) is 0.394. The van der Waals surface area contributed by atoms with E-state index in [1.54, 1.807) is 12.1 Å². The minimum Gasteiger partial charge on any atom is -0.494 e. The highest BCUT2D eigenvalue weighted by molar-refractivity contribution is 7.91. The number of unbranched alkanes of at least 4 members (excludes halogenated alkanes) is 3.